The van der Waals surface area contributed by atoms with Gasteiger partial charge in [-0.25, -0.2) is 19.3 Å². The molecule has 4 heterocycles. The van der Waals surface area contributed by atoms with Gasteiger partial charge in [0.1, 0.15) is 17.1 Å². The number of halogens is 1. The van der Waals surface area contributed by atoms with Gasteiger partial charge >= 0.3 is 5.97 Å². The number of pyridine rings is 1. The molecule has 0 fully saturated rings. The second-order valence-electron chi connectivity index (χ2n) is 10.2. The summed E-state index contributed by atoms with van der Waals surface area (Å²) in [5.41, 5.74) is 3.69. The van der Waals surface area contributed by atoms with Gasteiger partial charge in [0.25, 0.3) is 0 Å². The first-order valence-corrected chi connectivity index (χ1v) is 12.3. The van der Waals surface area contributed by atoms with Crippen LogP contribution in [0.1, 0.15) is 50.6 Å². The SMILES string of the molecule is CC(C)c1c2cc(-c3nc(Nc4ccc5c(n4)CCN(C(C)(C)C(=O)O)C5)ncc3F)ccc2nn1C. The average molecular weight is 504 g/mol. The quantitative estimate of drug-likeness (QED) is 0.391. The third kappa shape index (κ3) is 4.53. The standard InChI is InChI=1S/C27H30FN7O2/c1-15(2)24-18-12-16(6-8-21(18)33-34(24)5)23-19(28)13-29-26(32-23)31-22-9-7-17-14-35(11-10-20(17)30-22)27(3,4)25(36)37/h6-9,12-13,15H,10-11,14H2,1-5H3,(H,36,37)(H,29,30,31,32). The molecule has 1 aliphatic heterocycles. The molecule has 2 N–H and O–H groups in total. The summed E-state index contributed by atoms with van der Waals surface area (Å²) in [7, 11) is 1.92. The lowest BCUT2D eigenvalue weighted by Crippen LogP contribution is -2.51. The Morgan fingerprint density at radius 1 is 1.19 bits per heavy atom. The van der Waals surface area contributed by atoms with Crippen LogP contribution in [0.2, 0.25) is 0 Å². The zero-order chi connectivity index (χ0) is 26.5. The fraction of sp³-hybridized carbons (Fsp3) is 0.370. The Morgan fingerprint density at radius 2 is 1.97 bits per heavy atom. The molecule has 0 unspecified atom stereocenters. The molecular weight excluding hydrogens is 473 g/mol. The Labute approximate surface area is 214 Å². The highest BCUT2D eigenvalue weighted by Gasteiger charge is 2.36. The molecule has 0 radical (unpaired) electrons. The maximum atomic E-state index is 14.8. The van der Waals surface area contributed by atoms with Crippen molar-refractivity contribution in [2.45, 2.75) is 52.1 Å². The zero-order valence-electron chi connectivity index (χ0n) is 21.6. The molecule has 9 nitrogen and oxygen atoms in total. The first-order valence-electron chi connectivity index (χ1n) is 12.3. The van der Waals surface area contributed by atoms with Gasteiger partial charge in [-0.15, -0.1) is 0 Å². The number of rotatable bonds is 6. The van der Waals surface area contributed by atoms with E-state index in [2.05, 4.69) is 34.2 Å². The van der Waals surface area contributed by atoms with E-state index in [1.165, 1.54) is 0 Å². The molecule has 0 spiro atoms. The van der Waals surface area contributed by atoms with Crippen molar-refractivity contribution >= 4 is 28.6 Å². The largest absolute Gasteiger partial charge is 0.480 e. The zero-order valence-corrected chi connectivity index (χ0v) is 21.6. The van der Waals surface area contributed by atoms with Crippen LogP contribution in [0, 0.1) is 5.82 Å². The van der Waals surface area contributed by atoms with Crippen molar-refractivity contribution < 1.29 is 14.3 Å². The van der Waals surface area contributed by atoms with Gasteiger partial charge < -0.3 is 10.4 Å². The van der Waals surface area contributed by atoms with Gasteiger partial charge in [-0.05, 0) is 43.5 Å². The van der Waals surface area contributed by atoms with E-state index < -0.39 is 17.3 Å². The molecule has 192 valence electrons. The van der Waals surface area contributed by atoms with Crippen LogP contribution in [0.3, 0.4) is 0 Å². The van der Waals surface area contributed by atoms with E-state index in [0.717, 1.165) is 34.1 Å². The van der Waals surface area contributed by atoms with Gasteiger partial charge in [0.15, 0.2) is 5.82 Å². The molecule has 0 amide bonds. The van der Waals surface area contributed by atoms with Gasteiger partial charge in [-0.3, -0.25) is 14.4 Å². The van der Waals surface area contributed by atoms with Gasteiger partial charge in [0.2, 0.25) is 5.95 Å². The monoisotopic (exact) mass is 503 g/mol. The van der Waals surface area contributed by atoms with Gasteiger partial charge in [-0.2, -0.15) is 5.10 Å². The van der Waals surface area contributed by atoms with Crippen LogP contribution in [0.5, 0.6) is 0 Å². The topological polar surface area (TPSA) is 109 Å². The minimum atomic E-state index is -0.957. The number of aromatic nitrogens is 5. The van der Waals surface area contributed by atoms with E-state index in [0.29, 0.717) is 30.9 Å². The number of aryl methyl sites for hydroxylation is 1. The summed E-state index contributed by atoms with van der Waals surface area (Å²) in [4.78, 5) is 26.9. The Bertz CT molecular complexity index is 1510. The number of nitrogens with one attached hydrogen (secondary N) is 1. The normalized spacial score (nSPS) is 14.2. The Kier molecular flexibility index (Phi) is 6.15. The molecule has 0 aliphatic carbocycles. The third-order valence-electron chi connectivity index (χ3n) is 7.05. The minimum Gasteiger partial charge on any atom is -0.480 e. The predicted molar refractivity (Wildman–Crippen MR) is 139 cm³/mol. The highest BCUT2D eigenvalue weighted by molar-refractivity contribution is 5.87. The number of anilines is 2. The molecule has 37 heavy (non-hydrogen) atoms. The third-order valence-corrected chi connectivity index (χ3v) is 7.05. The number of aliphatic carboxylic acids is 1. The lowest BCUT2D eigenvalue weighted by molar-refractivity contribution is -0.150. The molecule has 3 aromatic heterocycles. The molecular formula is C27H30FN7O2. The number of carbonyl (C=O) groups is 1. The Morgan fingerprint density at radius 3 is 2.70 bits per heavy atom. The molecule has 10 heteroatoms. The maximum Gasteiger partial charge on any atom is 0.323 e. The summed E-state index contributed by atoms with van der Waals surface area (Å²) in [5.74, 6) is -0.320. The smallest absolute Gasteiger partial charge is 0.323 e. The van der Waals surface area contributed by atoms with Gasteiger partial charge in [-0.1, -0.05) is 26.0 Å². The van der Waals surface area contributed by atoms with Crippen LogP contribution in [0.25, 0.3) is 22.2 Å². The summed E-state index contributed by atoms with van der Waals surface area (Å²) in [6.45, 7) is 8.73. The molecule has 4 aromatic rings. The number of hydrogen-bond donors (Lipinski definition) is 2. The summed E-state index contributed by atoms with van der Waals surface area (Å²) in [5, 5.41) is 18.2. The van der Waals surface area contributed by atoms with Crippen LogP contribution in [-0.2, 0) is 24.8 Å². The van der Waals surface area contributed by atoms with Crippen molar-refractivity contribution in [1.29, 1.82) is 0 Å². The fourth-order valence-corrected chi connectivity index (χ4v) is 4.89. The van der Waals surface area contributed by atoms with Crippen LogP contribution >= 0.6 is 0 Å². The first kappa shape index (κ1) is 24.8. The van der Waals surface area contributed by atoms with E-state index in [4.69, 9.17) is 4.98 Å². The van der Waals surface area contributed by atoms with E-state index in [1.54, 1.807) is 19.9 Å². The number of nitrogens with zero attached hydrogens (tertiary/aromatic N) is 6. The number of carboxylic acids is 1. The highest BCUT2D eigenvalue weighted by atomic mass is 19.1. The first-order chi connectivity index (χ1) is 17.5. The van der Waals surface area contributed by atoms with Crippen LogP contribution < -0.4 is 5.32 Å². The minimum absolute atomic E-state index is 0.197. The summed E-state index contributed by atoms with van der Waals surface area (Å²) in [6.07, 6.45) is 1.78. The lowest BCUT2D eigenvalue weighted by Gasteiger charge is -2.38. The lowest BCUT2D eigenvalue weighted by atomic mass is 9.97. The van der Waals surface area contributed by atoms with Gasteiger partial charge in [0, 0.05) is 48.9 Å². The molecule has 0 atom stereocenters. The van der Waals surface area contributed by atoms with Crippen molar-refractivity contribution in [3.8, 4) is 11.3 Å². The summed E-state index contributed by atoms with van der Waals surface area (Å²) < 4.78 is 16.7. The van der Waals surface area contributed by atoms with E-state index in [9.17, 15) is 14.3 Å². The molecule has 5 rings (SSSR count). The highest BCUT2D eigenvalue weighted by Crippen LogP contribution is 2.31. The Hall–Kier alpha value is -3.92. The second kappa shape index (κ2) is 9.19. The van der Waals surface area contributed by atoms with E-state index in [1.807, 2.05) is 40.9 Å². The summed E-state index contributed by atoms with van der Waals surface area (Å²) in [6, 6.07) is 9.36. The number of hydrogen-bond acceptors (Lipinski definition) is 7. The Balaban J connectivity index is 1.41. The maximum absolute atomic E-state index is 14.8. The van der Waals surface area contributed by atoms with Crippen molar-refractivity contribution in [1.82, 2.24) is 29.6 Å². The molecule has 0 bridgehead atoms. The van der Waals surface area contributed by atoms with Crippen molar-refractivity contribution in [2.75, 3.05) is 11.9 Å². The number of benzene rings is 1. The number of fused-ring (bicyclic) bond motifs is 2. The second-order valence-corrected chi connectivity index (χ2v) is 10.2. The fourth-order valence-electron chi connectivity index (χ4n) is 4.89. The molecule has 1 aliphatic rings. The van der Waals surface area contributed by atoms with E-state index in [-0.39, 0.29) is 17.6 Å². The number of carboxylic acid groups (broad SMARTS) is 1. The van der Waals surface area contributed by atoms with Crippen molar-refractivity contribution in [3.63, 3.8) is 0 Å². The van der Waals surface area contributed by atoms with Crippen molar-refractivity contribution in [2.24, 2.45) is 7.05 Å². The van der Waals surface area contributed by atoms with E-state index >= 15 is 0 Å². The van der Waals surface area contributed by atoms with Crippen LogP contribution in [-0.4, -0.2) is 52.8 Å². The van der Waals surface area contributed by atoms with Gasteiger partial charge in [0.05, 0.1) is 11.7 Å². The van der Waals surface area contributed by atoms with Crippen molar-refractivity contribution in [3.05, 3.63) is 59.3 Å². The molecule has 0 saturated heterocycles. The predicted octanol–water partition coefficient (Wildman–Crippen LogP) is 4.65. The molecule has 1 aromatic carbocycles. The molecule has 0 saturated carbocycles. The average Bonchev–Trinajstić information content (AvgIpc) is 3.19. The van der Waals surface area contributed by atoms with Crippen LogP contribution in [0.4, 0.5) is 16.2 Å². The summed E-state index contributed by atoms with van der Waals surface area (Å²) >= 11 is 0. The van der Waals surface area contributed by atoms with Crippen LogP contribution in [0.15, 0.2) is 36.5 Å².